The Labute approximate surface area is 69.7 Å². The summed E-state index contributed by atoms with van der Waals surface area (Å²) in [6.45, 7) is 0. The summed E-state index contributed by atoms with van der Waals surface area (Å²) in [4.78, 5) is 2.25. The molecule has 0 aliphatic rings. The molecule has 0 atom stereocenters. The van der Waals surface area contributed by atoms with E-state index < -0.39 is 0 Å². The summed E-state index contributed by atoms with van der Waals surface area (Å²) < 4.78 is 0. The fourth-order valence-electron chi connectivity index (χ4n) is 0.721. The van der Waals surface area contributed by atoms with Gasteiger partial charge in [-0.2, -0.15) is 5.26 Å². The van der Waals surface area contributed by atoms with E-state index in [9.17, 15) is 0 Å². The summed E-state index contributed by atoms with van der Waals surface area (Å²) in [5.41, 5.74) is 4.01. The van der Waals surface area contributed by atoms with E-state index in [1.54, 1.807) is 24.3 Å². The predicted octanol–water partition coefficient (Wildman–Crippen LogP) is 1.63. The molecule has 0 bridgehead atoms. The van der Waals surface area contributed by atoms with Crippen molar-refractivity contribution in [2.24, 2.45) is 0 Å². The van der Waals surface area contributed by atoms with E-state index in [0.29, 0.717) is 5.56 Å². The summed E-state index contributed by atoms with van der Waals surface area (Å²) in [5.74, 6) is 0. The molecule has 0 unspecified atom stereocenters. The van der Waals surface area contributed by atoms with E-state index in [-0.39, 0.29) is 0 Å². The number of halogens is 1. The highest BCUT2D eigenvalue weighted by Gasteiger charge is 1.91. The molecule has 56 valence electrons. The van der Waals surface area contributed by atoms with Crippen molar-refractivity contribution in [3.8, 4) is 6.07 Å². The summed E-state index contributed by atoms with van der Waals surface area (Å²) in [5, 5.41) is 8.50. The molecule has 0 spiro atoms. The zero-order valence-electron chi connectivity index (χ0n) is 5.63. The van der Waals surface area contributed by atoms with Gasteiger partial charge in [0, 0.05) is 0 Å². The second kappa shape index (κ2) is 3.81. The quantitative estimate of drug-likeness (QED) is 0.520. The van der Waals surface area contributed by atoms with Crippen LogP contribution in [0.4, 0.5) is 5.69 Å². The third-order valence-corrected chi connectivity index (χ3v) is 1.28. The number of hydrogen-bond donors (Lipinski definition) is 2. The molecule has 1 aromatic carbocycles. The van der Waals surface area contributed by atoms with Gasteiger partial charge in [0.05, 0.1) is 17.3 Å². The maximum absolute atomic E-state index is 8.50. The Morgan fingerprint density at radius 2 is 2.27 bits per heavy atom. The van der Waals surface area contributed by atoms with Gasteiger partial charge < -0.3 is 5.43 Å². The lowest BCUT2D eigenvalue weighted by atomic mass is 10.2. The van der Waals surface area contributed by atoms with E-state index in [0.717, 1.165) is 5.69 Å². The lowest BCUT2D eigenvalue weighted by molar-refractivity contribution is 1.20. The largest absolute Gasteiger partial charge is 0.308 e. The minimum atomic E-state index is 0.599. The van der Waals surface area contributed by atoms with E-state index >= 15 is 0 Å². The Bertz CT molecular complexity index is 279. The van der Waals surface area contributed by atoms with Crippen molar-refractivity contribution in [3.63, 3.8) is 0 Å². The molecule has 0 radical (unpaired) electrons. The molecule has 4 heteroatoms. The maximum atomic E-state index is 8.50. The zero-order valence-corrected chi connectivity index (χ0v) is 6.39. The first-order valence-corrected chi connectivity index (χ1v) is 3.36. The highest BCUT2D eigenvalue weighted by molar-refractivity contribution is 6.13. The minimum absolute atomic E-state index is 0.599. The zero-order chi connectivity index (χ0) is 8.10. The number of anilines is 1. The van der Waals surface area contributed by atoms with Crippen molar-refractivity contribution in [2.75, 3.05) is 5.43 Å². The van der Waals surface area contributed by atoms with Crippen molar-refractivity contribution in [1.82, 2.24) is 4.94 Å². The fourth-order valence-corrected chi connectivity index (χ4v) is 0.830. The van der Waals surface area contributed by atoms with Gasteiger partial charge >= 0.3 is 0 Å². The average molecular weight is 168 g/mol. The monoisotopic (exact) mass is 167 g/mol. The van der Waals surface area contributed by atoms with Gasteiger partial charge in [-0.1, -0.05) is 6.07 Å². The second-order valence-corrected chi connectivity index (χ2v) is 2.10. The van der Waals surface area contributed by atoms with Gasteiger partial charge in [0.2, 0.25) is 0 Å². The molecule has 0 aromatic heterocycles. The van der Waals surface area contributed by atoms with Crippen molar-refractivity contribution >= 4 is 17.5 Å². The average Bonchev–Trinajstić information content (AvgIpc) is 2.06. The molecule has 0 fully saturated rings. The molecule has 11 heavy (non-hydrogen) atoms. The number of rotatable bonds is 2. The Balaban J connectivity index is 2.85. The summed E-state index contributed by atoms with van der Waals surface area (Å²) in [7, 11) is 0. The molecule has 1 rings (SSSR count). The van der Waals surface area contributed by atoms with E-state index in [1.807, 2.05) is 6.07 Å². The third-order valence-electron chi connectivity index (χ3n) is 1.18. The van der Waals surface area contributed by atoms with Gasteiger partial charge in [0.25, 0.3) is 0 Å². The first kappa shape index (κ1) is 7.86. The smallest absolute Gasteiger partial charge is 0.0992 e. The lowest BCUT2D eigenvalue weighted by Gasteiger charge is -2.00. The molecule has 0 aliphatic heterocycles. The van der Waals surface area contributed by atoms with Crippen LogP contribution in [0, 0.1) is 11.3 Å². The maximum Gasteiger partial charge on any atom is 0.0992 e. The van der Waals surface area contributed by atoms with Crippen molar-refractivity contribution < 1.29 is 0 Å². The minimum Gasteiger partial charge on any atom is -0.308 e. The number of nitrogens with one attached hydrogen (secondary N) is 2. The summed E-state index contributed by atoms with van der Waals surface area (Å²) >= 11 is 5.19. The van der Waals surface area contributed by atoms with E-state index in [2.05, 4.69) is 10.4 Å². The van der Waals surface area contributed by atoms with Crippen LogP contribution in [-0.4, -0.2) is 0 Å². The number of hydrogen-bond acceptors (Lipinski definition) is 3. The van der Waals surface area contributed by atoms with Crippen molar-refractivity contribution in [2.45, 2.75) is 0 Å². The van der Waals surface area contributed by atoms with Gasteiger partial charge in [-0.3, -0.25) is 0 Å². The van der Waals surface area contributed by atoms with Gasteiger partial charge in [0.15, 0.2) is 0 Å². The molecule has 0 saturated heterocycles. The van der Waals surface area contributed by atoms with Crippen LogP contribution in [0.15, 0.2) is 24.3 Å². The Morgan fingerprint density at radius 1 is 1.45 bits per heavy atom. The molecule has 0 heterocycles. The fraction of sp³-hybridized carbons (Fsp3) is 0. The van der Waals surface area contributed by atoms with Gasteiger partial charge in [-0.25, -0.2) is 0 Å². The first-order chi connectivity index (χ1) is 5.36. The van der Waals surface area contributed by atoms with Crippen LogP contribution < -0.4 is 10.4 Å². The summed E-state index contributed by atoms with van der Waals surface area (Å²) in [6.07, 6.45) is 0. The third kappa shape index (κ3) is 2.11. The van der Waals surface area contributed by atoms with Crippen LogP contribution in [0.1, 0.15) is 5.56 Å². The van der Waals surface area contributed by atoms with Gasteiger partial charge in [0.1, 0.15) is 0 Å². The van der Waals surface area contributed by atoms with Gasteiger partial charge in [-0.15, -0.1) is 4.94 Å². The predicted molar refractivity (Wildman–Crippen MR) is 43.8 cm³/mol. The lowest BCUT2D eigenvalue weighted by Crippen LogP contribution is -2.08. The van der Waals surface area contributed by atoms with Crippen molar-refractivity contribution in [3.05, 3.63) is 29.8 Å². The number of nitriles is 1. The van der Waals surface area contributed by atoms with Crippen LogP contribution in [0.2, 0.25) is 0 Å². The van der Waals surface area contributed by atoms with Crippen LogP contribution in [0.5, 0.6) is 0 Å². The van der Waals surface area contributed by atoms with Crippen molar-refractivity contribution in [1.29, 1.82) is 5.26 Å². The standard InChI is InChI=1S/C7H6ClN3/c8-11-10-7-3-1-2-6(4-7)5-9/h1-4,10-11H. The molecule has 2 N–H and O–H groups in total. The molecule has 0 saturated carbocycles. The van der Waals surface area contributed by atoms with Gasteiger partial charge in [-0.05, 0) is 30.0 Å². The van der Waals surface area contributed by atoms with E-state index in [4.69, 9.17) is 17.0 Å². The molecule has 0 aliphatic carbocycles. The van der Waals surface area contributed by atoms with Crippen LogP contribution in [0.25, 0.3) is 0 Å². The molecule has 1 aromatic rings. The topological polar surface area (TPSA) is 47.9 Å². The van der Waals surface area contributed by atoms with Crippen LogP contribution >= 0.6 is 11.8 Å². The second-order valence-electron chi connectivity index (χ2n) is 1.91. The SMILES string of the molecule is N#Cc1cccc(NNCl)c1. The highest BCUT2D eigenvalue weighted by Crippen LogP contribution is 2.07. The normalized spacial score (nSPS) is 8.73. The Hall–Kier alpha value is -1.24. The molecular weight excluding hydrogens is 162 g/mol. The summed E-state index contributed by atoms with van der Waals surface area (Å²) in [6, 6.07) is 9.00. The molecule has 0 amide bonds. The Kier molecular flexibility index (Phi) is 2.73. The number of hydrazine groups is 1. The first-order valence-electron chi connectivity index (χ1n) is 2.98. The molecule has 3 nitrogen and oxygen atoms in total. The Morgan fingerprint density at radius 3 is 2.91 bits per heavy atom. The number of benzene rings is 1. The molecular formula is C7H6ClN3. The van der Waals surface area contributed by atoms with E-state index in [1.165, 1.54) is 0 Å². The number of nitrogens with zero attached hydrogens (tertiary/aromatic N) is 1. The highest BCUT2D eigenvalue weighted by atomic mass is 35.5. The van der Waals surface area contributed by atoms with Crippen LogP contribution in [0.3, 0.4) is 0 Å². The van der Waals surface area contributed by atoms with Crippen LogP contribution in [-0.2, 0) is 0 Å².